The standard InChI is InChI=1S/C50H56F2N12O5/c1-2-69-39-28-40(47-35(29-53)31-55-64(47)32-39)34-6-10-44(54-30-34)62-16-13-50(14-17-62,58-48(67)41-26-36(51)7-8-42(41)52)33-60-20-24-63(25-21-60)46(66)12-15-59-18-22-61(23-19-59)38-5-3-4-37(27-38)56-43-9-11-45(65)57-49(43)68/h3-8,10,26-28,30-32,43,56H,2,9,11-25,33H2,1H3,(H,58,67)(H,57,65,68). The molecule has 19 heteroatoms. The number of carbonyl (C=O) groups is 4. The number of hydrogen-bond acceptors (Lipinski definition) is 13. The number of piperidine rings is 2. The quantitative estimate of drug-likeness (QED) is 0.134. The van der Waals surface area contributed by atoms with Crippen LogP contribution in [0.15, 0.2) is 79.3 Å². The second-order valence-corrected chi connectivity index (χ2v) is 18.2. The highest BCUT2D eigenvalue weighted by Crippen LogP contribution is 2.33. The number of carbonyl (C=O) groups excluding carboxylic acids is 4. The molecule has 4 saturated heterocycles. The molecule has 4 amide bonds. The summed E-state index contributed by atoms with van der Waals surface area (Å²) in [5, 5.41) is 22.9. The number of piperazine rings is 2. The van der Waals surface area contributed by atoms with E-state index in [2.05, 4.69) is 46.7 Å². The Bertz CT molecular complexity index is 2740. The van der Waals surface area contributed by atoms with E-state index < -0.39 is 29.1 Å². The Morgan fingerprint density at radius 2 is 1.70 bits per heavy atom. The summed E-state index contributed by atoms with van der Waals surface area (Å²) in [6, 6.07) is 18.4. The van der Waals surface area contributed by atoms with Gasteiger partial charge >= 0.3 is 0 Å². The molecule has 1 unspecified atom stereocenters. The molecular weight excluding hydrogens is 887 g/mol. The molecule has 1 atom stereocenters. The number of fused-ring (bicyclic) bond motifs is 1. The second-order valence-electron chi connectivity index (χ2n) is 18.2. The number of rotatable bonds is 14. The summed E-state index contributed by atoms with van der Waals surface area (Å²) in [4.78, 5) is 66.8. The molecule has 0 saturated carbocycles. The van der Waals surface area contributed by atoms with Crippen molar-refractivity contribution < 1.29 is 32.7 Å². The predicted molar refractivity (Wildman–Crippen MR) is 255 cm³/mol. The molecule has 3 N–H and O–H groups in total. The van der Waals surface area contributed by atoms with Crippen molar-refractivity contribution in [2.75, 3.05) is 100 Å². The topological polar surface area (TPSA) is 184 Å². The van der Waals surface area contributed by atoms with Crippen LogP contribution in [-0.4, -0.2) is 150 Å². The minimum atomic E-state index is -0.798. The first-order chi connectivity index (χ1) is 33.5. The number of hydrogen-bond donors (Lipinski definition) is 3. The van der Waals surface area contributed by atoms with E-state index in [0.717, 1.165) is 72.7 Å². The van der Waals surface area contributed by atoms with Gasteiger partial charge in [-0.3, -0.25) is 34.3 Å². The first-order valence-electron chi connectivity index (χ1n) is 23.7. The Morgan fingerprint density at radius 3 is 2.42 bits per heavy atom. The minimum absolute atomic E-state index is 0.0998. The van der Waals surface area contributed by atoms with Gasteiger partial charge in [-0.05, 0) is 80.8 Å². The summed E-state index contributed by atoms with van der Waals surface area (Å²) in [6.07, 6.45) is 7.23. The fourth-order valence-corrected chi connectivity index (χ4v) is 9.89. The van der Waals surface area contributed by atoms with Crippen LogP contribution in [0.25, 0.3) is 16.6 Å². The van der Waals surface area contributed by atoms with Crippen LogP contribution in [0.5, 0.6) is 5.75 Å². The molecule has 7 heterocycles. The lowest BCUT2D eigenvalue weighted by Gasteiger charge is -2.46. The number of aromatic nitrogens is 3. The summed E-state index contributed by atoms with van der Waals surface area (Å²) < 4.78 is 36.6. The fraction of sp³-hybridized carbons (Fsp3) is 0.420. The first kappa shape index (κ1) is 46.9. The highest BCUT2D eigenvalue weighted by molar-refractivity contribution is 6.01. The Morgan fingerprint density at radius 1 is 0.913 bits per heavy atom. The molecule has 9 rings (SSSR count). The summed E-state index contributed by atoms with van der Waals surface area (Å²) in [7, 11) is 0. The van der Waals surface area contributed by atoms with Crippen molar-refractivity contribution in [3.05, 3.63) is 102 Å². The minimum Gasteiger partial charge on any atom is -0.492 e. The van der Waals surface area contributed by atoms with E-state index in [4.69, 9.17) is 9.72 Å². The van der Waals surface area contributed by atoms with Crippen LogP contribution in [0.1, 0.15) is 54.9 Å². The molecule has 360 valence electrons. The molecule has 3 aromatic heterocycles. The Labute approximate surface area is 399 Å². The van der Waals surface area contributed by atoms with Gasteiger partial charge in [0.25, 0.3) is 5.91 Å². The third-order valence-electron chi connectivity index (χ3n) is 13.7. The number of halogens is 2. The molecule has 0 bridgehead atoms. The van der Waals surface area contributed by atoms with Crippen LogP contribution in [0, 0.1) is 23.0 Å². The fourth-order valence-electron chi connectivity index (χ4n) is 9.89. The zero-order chi connectivity index (χ0) is 48.1. The van der Waals surface area contributed by atoms with Crippen LogP contribution in [0.4, 0.5) is 26.0 Å². The summed E-state index contributed by atoms with van der Waals surface area (Å²) in [6.45, 7) is 10.0. The molecule has 4 fully saturated rings. The monoisotopic (exact) mass is 942 g/mol. The van der Waals surface area contributed by atoms with Gasteiger partial charge in [0.2, 0.25) is 17.7 Å². The molecule has 69 heavy (non-hydrogen) atoms. The maximum Gasteiger partial charge on any atom is 0.254 e. The average Bonchev–Trinajstić information content (AvgIpc) is 3.78. The Kier molecular flexibility index (Phi) is 14.0. The van der Waals surface area contributed by atoms with Crippen LogP contribution in [-0.2, 0) is 14.4 Å². The number of anilines is 3. The van der Waals surface area contributed by atoms with Gasteiger partial charge in [-0.2, -0.15) is 10.4 Å². The van der Waals surface area contributed by atoms with Crippen molar-refractivity contribution >= 4 is 46.3 Å². The second kappa shape index (κ2) is 20.6. The maximum absolute atomic E-state index is 14.9. The first-order valence-corrected chi connectivity index (χ1v) is 23.7. The zero-order valence-electron chi connectivity index (χ0n) is 38.6. The molecular formula is C50H56F2N12O5. The molecule has 4 aliphatic rings. The number of nitrogens with zero attached hydrogens (tertiary/aromatic N) is 9. The molecule has 0 radical (unpaired) electrons. The number of imide groups is 1. The van der Waals surface area contributed by atoms with Crippen molar-refractivity contribution in [1.82, 2.24) is 39.9 Å². The molecule has 0 aliphatic carbocycles. The molecule has 4 aliphatic heterocycles. The van der Waals surface area contributed by atoms with Crippen molar-refractivity contribution in [3.8, 4) is 22.9 Å². The van der Waals surface area contributed by atoms with Gasteiger partial charge in [-0.25, -0.2) is 18.3 Å². The zero-order valence-corrected chi connectivity index (χ0v) is 38.6. The van der Waals surface area contributed by atoms with E-state index in [9.17, 15) is 33.2 Å². The summed E-state index contributed by atoms with van der Waals surface area (Å²) in [5.74, 6) is -1.27. The molecule has 5 aromatic rings. The maximum atomic E-state index is 14.9. The van der Waals surface area contributed by atoms with Crippen molar-refractivity contribution in [2.24, 2.45) is 0 Å². The van der Waals surface area contributed by atoms with Gasteiger partial charge in [-0.1, -0.05) is 6.07 Å². The van der Waals surface area contributed by atoms with E-state index in [-0.39, 0.29) is 23.3 Å². The number of nitriles is 1. The number of pyridine rings is 2. The van der Waals surface area contributed by atoms with Crippen LogP contribution >= 0.6 is 0 Å². The van der Waals surface area contributed by atoms with Crippen LogP contribution in [0.2, 0.25) is 0 Å². The van der Waals surface area contributed by atoms with Crippen molar-refractivity contribution in [3.63, 3.8) is 0 Å². The van der Waals surface area contributed by atoms with E-state index in [1.165, 1.54) is 6.20 Å². The van der Waals surface area contributed by atoms with E-state index in [0.29, 0.717) is 108 Å². The highest BCUT2D eigenvalue weighted by Gasteiger charge is 2.40. The van der Waals surface area contributed by atoms with Crippen LogP contribution in [0.3, 0.4) is 0 Å². The SMILES string of the molecule is CCOc1cc(-c2ccc(N3CCC(CN4CCN(C(=O)CCN5CCN(c6cccc(NC7CCC(=O)NC7=O)c6)CC5)CC4)(NC(=O)c4cc(F)ccc4F)CC3)nc2)c2c(C#N)cnn2c1. The van der Waals surface area contributed by atoms with Gasteiger partial charge in [0.05, 0.1) is 41.2 Å². The van der Waals surface area contributed by atoms with Gasteiger partial charge in [0.1, 0.15) is 35.3 Å². The van der Waals surface area contributed by atoms with E-state index in [1.54, 1.807) is 16.9 Å². The van der Waals surface area contributed by atoms with Crippen LogP contribution < -0.4 is 30.5 Å². The van der Waals surface area contributed by atoms with Crippen molar-refractivity contribution in [1.29, 1.82) is 5.26 Å². The molecule has 17 nitrogen and oxygen atoms in total. The smallest absolute Gasteiger partial charge is 0.254 e. The van der Waals surface area contributed by atoms with E-state index >= 15 is 0 Å². The molecule has 0 spiro atoms. The molecule has 2 aromatic carbocycles. The Hall–Kier alpha value is -7.17. The van der Waals surface area contributed by atoms with Gasteiger partial charge in [0.15, 0.2) is 0 Å². The Balaban J connectivity index is 0.788. The predicted octanol–water partition coefficient (Wildman–Crippen LogP) is 4.29. The number of ether oxygens (including phenoxy) is 1. The largest absolute Gasteiger partial charge is 0.492 e. The van der Waals surface area contributed by atoms with Gasteiger partial charge in [-0.15, -0.1) is 0 Å². The summed E-state index contributed by atoms with van der Waals surface area (Å²) in [5.41, 5.74) is 3.40. The lowest BCUT2D eigenvalue weighted by molar-refractivity contribution is -0.134. The number of amides is 4. The third kappa shape index (κ3) is 10.8. The number of benzene rings is 2. The number of nitrogens with one attached hydrogen (secondary N) is 3. The van der Waals surface area contributed by atoms with E-state index in [1.807, 2.05) is 54.3 Å². The summed E-state index contributed by atoms with van der Waals surface area (Å²) >= 11 is 0. The van der Waals surface area contributed by atoms with Gasteiger partial charge < -0.3 is 30.1 Å². The highest BCUT2D eigenvalue weighted by atomic mass is 19.1. The van der Waals surface area contributed by atoms with Gasteiger partial charge in [0, 0.05) is 120 Å². The third-order valence-corrected chi connectivity index (χ3v) is 13.7. The lowest BCUT2D eigenvalue weighted by atomic mass is 9.86. The van der Waals surface area contributed by atoms with Crippen molar-refractivity contribution in [2.45, 2.75) is 50.6 Å². The lowest BCUT2D eigenvalue weighted by Crippen LogP contribution is -2.62. The normalized spacial score (nSPS) is 19.0. The average molecular weight is 943 g/mol.